The highest BCUT2D eigenvalue weighted by Gasteiger charge is 2.17. The molecule has 0 atom stereocenters. The van der Waals surface area contributed by atoms with Crippen LogP contribution in [-0.4, -0.2) is 30.6 Å². The van der Waals surface area contributed by atoms with Crippen LogP contribution in [-0.2, 0) is 30.7 Å². The molecule has 4 rings (SSSR count). The number of carbonyl (C=O) groups is 1. The summed E-state index contributed by atoms with van der Waals surface area (Å²) in [6, 6.07) is 7.34. The minimum atomic E-state index is -0.248. The molecule has 8 nitrogen and oxygen atoms in total. The average Bonchev–Trinajstić information content (AvgIpc) is 3.22. The molecule has 1 aliphatic rings. The van der Waals surface area contributed by atoms with Gasteiger partial charge < -0.3 is 14.9 Å². The standard InChI is InChI=1S/C17H18N6O2/c24-16(18-10-15-22-21-14-6-3-9-23(14)15)8-7-13-17(25)20-12-5-2-1-4-11(12)19-13/h1-2,4-5H,3,6-10H2,(H,18,24)(H,20,25). The summed E-state index contributed by atoms with van der Waals surface area (Å²) >= 11 is 0. The highest BCUT2D eigenvalue weighted by atomic mass is 16.1. The first-order valence-corrected chi connectivity index (χ1v) is 8.36. The summed E-state index contributed by atoms with van der Waals surface area (Å²) < 4.78 is 2.05. The summed E-state index contributed by atoms with van der Waals surface area (Å²) in [6.07, 6.45) is 2.51. The van der Waals surface area contributed by atoms with Gasteiger partial charge in [-0.05, 0) is 18.6 Å². The molecule has 2 N–H and O–H groups in total. The van der Waals surface area contributed by atoms with E-state index in [1.807, 2.05) is 18.2 Å². The molecule has 1 amide bonds. The van der Waals surface area contributed by atoms with E-state index in [1.54, 1.807) is 6.07 Å². The van der Waals surface area contributed by atoms with E-state index in [0.29, 0.717) is 24.2 Å². The number of para-hydroxylation sites is 2. The first-order valence-electron chi connectivity index (χ1n) is 8.36. The molecule has 0 unspecified atom stereocenters. The van der Waals surface area contributed by atoms with Gasteiger partial charge in [0.15, 0.2) is 5.82 Å². The van der Waals surface area contributed by atoms with Crippen molar-refractivity contribution >= 4 is 16.9 Å². The predicted octanol–water partition coefficient (Wildman–Crippen LogP) is 0.710. The summed E-state index contributed by atoms with van der Waals surface area (Å²) in [6.45, 7) is 1.26. The van der Waals surface area contributed by atoms with Gasteiger partial charge in [-0.2, -0.15) is 0 Å². The lowest BCUT2D eigenvalue weighted by Crippen LogP contribution is -2.26. The first-order chi connectivity index (χ1) is 12.2. The number of aromatic amines is 1. The lowest BCUT2D eigenvalue weighted by atomic mass is 10.2. The zero-order valence-electron chi connectivity index (χ0n) is 13.7. The number of rotatable bonds is 5. The van der Waals surface area contributed by atoms with E-state index < -0.39 is 0 Å². The van der Waals surface area contributed by atoms with Crippen molar-refractivity contribution in [3.63, 3.8) is 0 Å². The summed E-state index contributed by atoms with van der Waals surface area (Å²) in [5.74, 6) is 1.63. The molecule has 3 aromatic rings. The lowest BCUT2D eigenvalue weighted by molar-refractivity contribution is -0.121. The van der Waals surface area contributed by atoms with Crippen LogP contribution in [0.5, 0.6) is 0 Å². The van der Waals surface area contributed by atoms with Crippen LogP contribution in [0.1, 0.15) is 30.2 Å². The molecule has 0 radical (unpaired) electrons. The van der Waals surface area contributed by atoms with Crippen molar-refractivity contribution < 1.29 is 4.79 Å². The van der Waals surface area contributed by atoms with Crippen molar-refractivity contribution in [2.45, 2.75) is 38.8 Å². The van der Waals surface area contributed by atoms with Crippen LogP contribution < -0.4 is 10.9 Å². The SMILES string of the molecule is O=C(CCc1nc2ccccc2[nH]c1=O)NCc1nnc2n1CCC2. The van der Waals surface area contributed by atoms with Crippen LogP contribution in [0.15, 0.2) is 29.1 Å². The van der Waals surface area contributed by atoms with Gasteiger partial charge >= 0.3 is 0 Å². The molecule has 0 saturated carbocycles. The Bertz CT molecular complexity index is 990. The molecule has 25 heavy (non-hydrogen) atoms. The summed E-state index contributed by atoms with van der Waals surface area (Å²) in [4.78, 5) is 31.3. The Hall–Kier alpha value is -3.03. The average molecular weight is 338 g/mol. The second-order valence-electron chi connectivity index (χ2n) is 6.09. The molecule has 0 saturated heterocycles. The maximum Gasteiger partial charge on any atom is 0.270 e. The van der Waals surface area contributed by atoms with Crippen molar-refractivity contribution in [2.75, 3.05) is 0 Å². The van der Waals surface area contributed by atoms with Crippen LogP contribution in [0, 0.1) is 0 Å². The van der Waals surface area contributed by atoms with Gasteiger partial charge in [0.2, 0.25) is 5.91 Å². The number of nitrogens with one attached hydrogen (secondary N) is 2. The van der Waals surface area contributed by atoms with Gasteiger partial charge in [0.25, 0.3) is 5.56 Å². The Kier molecular flexibility index (Phi) is 4.01. The highest BCUT2D eigenvalue weighted by Crippen LogP contribution is 2.13. The third kappa shape index (κ3) is 3.15. The zero-order valence-corrected chi connectivity index (χ0v) is 13.7. The van der Waals surface area contributed by atoms with E-state index in [-0.39, 0.29) is 17.9 Å². The fourth-order valence-corrected chi connectivity index (χ4v) is 3.08. The summed E-state index contributed by atoms with van der Waals surface area (Å²) in [5.41, 5.74) is 1.54. The van der Waals surface area contributed by atoms with E-state index in [0.717, 1.165) is 36.6 Å². The smallest absolute Gasteiger partial charge is 0.270 e. The van der Waals surface area contributed by atoms with Crippen molar-refractivity contribution in [1.82, 2.24) is 30.0 Å². The molecule has 128 valence electrons. The normalized spacial score (nSPS) is 13.1. The van der Waals surface area contributed by atoms with Crippen molar-refractivity contribution in [3.8, 4) is 0 Å². The van der Waals surface area contributed by atoms with Crippen molar-refractivity contribution in [2.24, 2.45) is 0 Å². The van der Waals surface area contributed by atoms with E-state index in [1.165, 1.54) is 0 Å². The minimum Gasteiger partial charge on any atom is -0.349 e. The van der Waals surface area contributed by atoms with Gasteiger partial charge in [-0.1, -0.05) is 12.1 Å². The van der Waals surface area contributed by atoms with Crippen molar-refractivity contribution in [1.29, 1.82) is 0 Å². The number of aryl methyl sites for hydroxylation is 2. The summed E-state index contributed by atoms with van der Waals surface area (Å²) in [7, 11) is 0. The Balaban J connectivity index is 1.37. The maximum atomic E-state index is 12.1. The second kappa shape index (κ2) is 6.46. The number of nitrogens with zero attached hydrogens (tertiary/aromatic N) is 4. The van der Waals surface area contributed by atoms with E-state index in [2.05, 4.69) is 30.0 Å². The number of aromatic nitrogens is 5. The van der Waals surface area contributed by atoms with E-state index in [9.17, 15) is 9.59 Å². The van der Waals surface area contributed by atoms with Crippen molar-refractivity contribution in [3.05, 3.63) is 52.0 Å². The van der Waals surface area contributed by atoms with Gasteiger partial charge in [0.1, 0.15) is 11.5 Å². The lowest BCUT2D eigenvalue weighted by Gasteiger charge is -2.06. The largest absolute Gasteiger partial charge is 0.349 e. The van der Waals surface area contributed by atoms with E-state index >= 15 is 0 Å². The Morgan fingerprint density at radius 2 is 2.16 bits per heavy atom. The molecule has 0 spiro atoms. The predicted molar refractivity (Wildman–Crippen MR) is 90.9 cm³/mol. The quantitative estimate of drug-likeness (QED) is 0.713. The van der Waals surface area contributed by atoms with Crippen LogP contribution in [0.3, 0.4) is 0 Å². The fourth-order valence-electron chi connectivity index (χ4n) is 3.08. The molecule has 0 aliphatic carbocycles. The van der Waals surface area contributed by atoms with Crippen LogP contribution in [0.4, 0.5) is 0 Å². The number of amides is 1. The number of H-pyrrole nitrogens is 1. The van der Waals surface area contributed by atoms with Gasteiger partial charge in [0.05, 0.1) is 17.6 Å². The van der Waals surface area contributed by atoms with E-state index in [4.69, 9.17) is 0 Å². The third-order valence-electron chi connectivity index (χ3n) is 4.39. The molecular formula is C17H18N6O2. The van der Waals surface area contributed by atoms with Crippen LogP contribution in [0.2, 0.25) is 0 Å². The number of benzene rings is 1. The monoisotopic (exact) mass is 338 g/mol. The van der Waals surface area contributed by atoms with Gasteiger partial charge in [-0.15, -0.1) is 10.2 Å². The van der Waals surface area contributed by atoms with Crippen LogP contribution in [0.25, 0.3) is 11.0 Å². The fraction of sp³-hybridized carbons (Fsp3) is 0.353. The highest BCUT2D eigenvalue weighted by molar-refractivity contribution is 5.76. The van der Waals surface area contributed by atoms with Gasteiger partial charge in [0, 0.05) is 25.8 Å². The zero-order chi connectivity index (χ0) is 17.2. The molecule has 8 heteroatoms. The van der Waals surface area contributed by atoms with Gasteiger partial charge in [-0.3, -0.25) is 9.59 Å². The molecule has 3 heterocycles. The second-order valence-corrected chi connectivity index (χ2v) is 6.09. The molecule has 1 aromatic carbocycles. The Morgan fingerprint density at radius 1 is 1.28 bits per heavy atom. The molecule has 1 aliphatic heterocycles. The molecular weight excluding hydrogens is 320 g/mol. The molecule has 0 fully saturated rings. The third-order valence-corrected chi connectivity index (χ3v) is 4.39. The summed E-state index contributed by atoms with van der Waals surface area (Å²) in [5, 5.41) is 11.1. The number of carbonyl (C=O) groups excluding carboxylic acids is 1. The maximum absolute atomic E-state index is 12.1. The number of fused-ring (bicyclic) bond motifs is 2. The molecule has 2 aromatic heterocycles. The van der Waals surface area contributed by atoms with Crippen LogP contribution >= 0.6 is 0 Å². The number of hydrogen-bond donors (Lipinski definition) is 2. The Labute approximate surface area is 143 Å². The first kappa shape index (κ1) is 15.5. The molecule has 0 bridgehead atoms. The topological polar surface area (TPSA) is 106 Å². The Morgan fingerprint density at radius 3 is 3.08 bits per heavy atom. The minimum absolute atomic E-state index is 0.135. The van der Waals surface area contributed by atoms with Gasteiger partial charge in [-0.25, -0.2) is 4.98 Å². The number of hydrogen-bond acceptors (Lipinski definition) is 5.